The Morgan fingerprint density at radius 1 is 1.36 bits per heavy atom. The van der Waals surface area contributed by atoms with E-state index in [1.807, 2.05) is 0 Å². The maximum Gasteiger partial charge on any atom is 0.330 e. The highest BCUT2D eigenvalue weighted by Crippen LogP contribution is 2.24. The Labute approximate surface area is 82.6 Å². The number of carbonyl (C=O) groups is 2. The molecule has 0 unspecified atom stereocenters. The van der Waals surface area contributed by atoms with Gasteiger partial charge in [0.15, 0.2) is 0 Å². The van der Waals surface area contributed by atoms with Crippen LogP contribution in [0.4, 0.5) is 0 Å². The van der Waals surface area contributed by atoms with Gasteiger partial charge in [0, 0.05) is 12.0 Å². The first-order valence-corrected chi connectivity index (χ1v) is 4.70. The van der Waals surface area contributed by atoms with Crippen LogP contribution in [0.25, 0.3) is 0 Å². The molecule has 4 nitrogen and oxygen atoms in total. The average Bonchev–Trinajstić information content (AvgIpc) is 2.87. The normalized spacial score (nSPS) is 14.9. The van der Waals surface area contributed by atoms with Gasteiger partial charge >= 0.3 is 11.9 Å². The van der Waals surface area contributed by atoms with Gasteiger partial charge in [-0.05, 0) is 25.7 Å². The van der Waals surface area contributed by atoms with Gasteiger partial charge in [-0.1, -0.05) is 6.58 Å². The Balaban J connectivity index is 2.04. The summed E-state index contributed by atoms with van der Waals surface area (Å²) >= 11 is 0. The van der Waals surface area contributed by atoms with Crippen LogP contribution in [0.15, 0.2) is 12.2 Å². The van der Waals surface area contributed by atoms with E-state index in [-0.39, 0.29) is 24.1 Å². The molecule has 0 aromatic carbocycles. The summed E-state index contributed by atoms with van der Waals surface area (Å²) in [5.41, 5.74) is 0.143. The zero-order valence-corrected chi connectivity index (χ0v) is 7.99. The Morgan fingerprint density at radius 3 is 2.50 bits per heavy atom. The zero-order chi connectivity index (χ0) is 10.6. The Hall–Kier alpha value is -1.32. The lowest BCUT2D eigenvalue weighted by Crippen LogP contribution is -2.06. The van der Waals surface area contributed by atoms with Gasteiger partial charge in [-0.15, -0.1) is 0 Å². The molecule has 0 aromatic heterocycles. The molecule has 14 heavy (non-hydrogen) atoms. The van der Waals surface area contributed by atoms with Gasteiger partial charge in [-0.3, -0.25) is 4.79 Å². The Bertz CT molecular complexity index is 253. The summed E-state index contributed by atoms with van der Waals surface area (Å²) in [5, 5.41) is 8.49. The van der Waals surface area contributed by atoms with E-state index >= 15 is 0 Å². The third-order valence-electron chi connectivity index (χ3n) is 1.98. The van der Waals surface area contributed by atoms with Crippen LogP contribution in [0.1, 0.15) is 32.1 Å². The van der Waals surface area contributed by atoms with Crippen LogP contribution in [0.2, 0.25) is 0 Å². The minimum absolute atomic E-state index is 0.130. The third kappa shape index (κ3) is 4.07. The smallest absolute Gasteiger partial charge is 0.330 e. The molecule has 1 aliphatic rings. The van der Waals surface area contributed by atoms with Crippen molar-refractivity contribution in [1.82, 2.24) is 0 Å². The Morgan fingerprint density at radius 2 is 2.00 bits per heavy atom. The average molecular weight is 198 g/mol. The lowest BCUT2D eigenvalue weighted by Gasteiger charge is -2.02. The molecule has 0 aromatic rings. The molecule has 1 saturated carbocycles. The van der Waals surface area contributed by atoms with Crippen LogP contribution < -0.4 is 0 Å². The van der Waals surface area contributed by atoms with Crippen LogP contribution in [-0.2, 0) is 14.3 Å². The lowest BCUT2D eigenvalue weighted by molar-refractivity contribution is -0.145. The first-order chi connectivity index (χ1) is 6.59. The first kappa shape index (κ1) is 10.8. The van der Waals surface area contributed by atoms with Crippen molar-refractivity contribution in [2.75, 3.05) is 0 Å². The van der Waals surface area contributed by atoms with E-state index in [1.165, 1.54) is 0 Å². The van der Waals surface area contributed by atoms with Gasteiger partial charge in [-0.25, -0.2) is 4.79 Å². The summed E-state index contributed by atoms with van der Waals surface area (Å²) in [4.78, 5) is 21.4. The maximum atomic E-state index is 11.0. The summed E-state index contributed by atoms with van der Waals surface area (Å²) in [6.07, 6.45) is 3.18. The van der Waals surface area contributed by atoms with Crippen LogP contribution >= 0.6 is 0 Å². The molecule has 0 radical (unpaired) electrons. The summed E-state index contributed by atoms with van der Waals surface area (Å²) in [6, 6.07) is 0. The van der Waals surface area contributed by atoms with Crippen molar-refractivity contribution < 1.29 is 19.4 Å². The van der Waals surface area contributed by atoms with Crippen LogP contribution in [0.5, 0.6) is 0 Å². The number of hydrogen-bond acceptors (Lipinski definition) is 3. The molecule has 0 amide bonds. The minimum Gasteiger partial charge on any atom is -0.478 e. The molecule has 0 spiro atoms. The Kier molecular flexibility index (Phi) is 3.68. The second kappa shape index (κ2) is 4.79. The number of carboxylic acids is 1. The van der Waals surface area contributed by atoms with Crippen molar-refractivity contribution in [2.24, 2.45) is 0 Å². The highest BCUT2D eigenvalue weighted by Gasteiger charge is 2.25. The standard InChI is InChI=1S/C10H14O4/c1-7(10(12)13)3-2-4-9(11)14-8-5-6-8/h8H,1-6H2,(H,12,13). The highest BCUT2D eigenvalue weighted by atomic mass is 16.5. The van der Waals surface area contributed by atoms with Crippen molar-refractivity contribution in [1.29, 1.82) is 0 Å². The largest absolute Gasteiger partial charge is 0.478 e. The fraction of sp³-hybridized carbons (Fsp3) is 0.600. The monoisotopic (exact) mass is 198 g/mol. The second-order valence-electron chi connectivity index (χ2n) is 3.45. The minimum atomic E-state index is -0.999. The molecule has 0 aliphatic heterocycles. The van der Waals surface area contributed by atoms with Crippen molar-refractivity contribution in [2.45, 2.75) is 38.2 Å². The van der Waals surface area contributed by atoms with Crippen molar-refractivity contribution in [3.8, 4) is 0 Å². The van der Waals surface area contributed by atoms with E-state index in [4.69, 9.17) is 9.84 Å². The predicted octanol–water partition coefficient (Wildman–Crippen LogP) is 1.50. The maximum absolute atomic E-state index is 11.0. The zero-order valence-electron chi connectivity index (χ0n) is 7.99. The molecule has 1 aliphatic carbocycles. The lowest BCUT2D eigenvalue weighted by atomic mass is 10.1. The number of esters is 1. The van der Waals surface area contributed by atoms with E-state index in [0.717, 1.165) is 12.8 Å². The third-order valence-corrected chi connectivity index (χ3v) is 1.98. The summed E-state index contributed by atoms with van der Waals surface area (Å²) in [7, 11) is 0. The fourth-order valence-electron chi connectivity index (χ4n) is 0.984. The van der Waals surface area contributed by atoms with Crippen molar-refractivity contribution in [3.63, 3.8) is 0 Å². The SMILES string of the molecule is C=C(CCCC(=O)OC1CC1)C(=O)O. The molecule has 4 heteroatoms. The van der Waals surface area contributed by atoms with Crippen molar-refractivity contribution in [3.05, 3.63) is 12.2 Å². The van der Waals surface area contributed by atoms with Gasteiger partial charge in [-0.2, -0.15) is 0 Å². The van der Waals surface area contributed by atoms with Crippen LogP contribution in [0.3, 0.4) is 0 Å². The van der Waals surface area contributed by atoms with Gasteiger partial charge in [0.1, 0.15) is 6.10 Å². The van der Waals surface area contributed by atoms with E-state index in [2.05, 4.69) is 6.58 Å². The van der Waals surface area contributed by atoms with E-state index in [0.29, 0.717) is 12.8 Å². The van der Waals surface area contributed by atoms with Crippen molar-refractivity contribution >= 4 is 11.9 Å². The molecular formula is C10H14O4. The van der Waals surface area contributed by atoms with Gasteiger partial charge in [0.05, 0.1) is 0 Å². The van der Waals surface area contributed by atoms with Crippen LogP contribution in [0, 0.1) is 0 Å². The number of carboxylic acid groups (broad SMARTS) is 1. The van der Waals surface area contributed by atoms with Crippen LogP contribution in [-0.4, -0.2) is 23.1 Å². The number of rotatable bonds is 6. The van der Waals surface area contributed by atoms with Gasteiger partial charge in [0.25, 0.3) is 0 Å². The van der Waals surface area contributed by atoms with Gasteiger partial charge in [0.2, 0.25) is 0 Å². The molecule has 1 N–H and O–H groups in total. The molecule has 1 fully saturated rings. The molecule has 0 atom stereocenters. The predicted molar refractivity (Wildman–Crippen MR) is 49.7 cm³/mol. The van der Waals surface area contributed by atoms with E-state index < -0.39 is 5.97 Å². The van der Waals surface area contributed by atoms with E-state index in [9.17, 15) is 9.59 Å². The van der Waals surface area contributed by atoms with E-state index in [1.54, 1.807) is 0 Å². The number of hydrogen-bond donors (Lipinski definition) is 1. The topological polar surface area (TPSA) is 63.6 Å². The quantitative estimate of drug-likeness (QED) is 0.519. The first-order valence-electron chi connectivity index (χ1n) is 4.70. The highest BCUT2D eigenvalue weighted by molar-refractivity contribution is 5.85. The summed E-state index contributed by atoms with van der Waals surface area (Å²) < 4.78 is 4.99. The molecule has 0 saturated heterocycles. The molecule has 78 valence electrons. The molecule has 0 bridgehead atoms. The number of carbonyl (C=O) groups excluding carboxylic acids is 1. The molecule has 0 heterocycles. The van der Waals surface area contributed by atoms with Gasteiger partial charge < -0.3 is 9.84 Å². The fourth-order valence-corrected chi connectivity index (χ4v) is 0.984. The number of aliphatic carboxylic acids is 1. The number of ether oxygens (including phenoxy) is 1. The molecular weight excluding hydrogens is 184 g/mol. The molecule has 1 rings (SSSR count). The summed E-state index contributed by atoms with van der Waals surface area (Å²) in [6.45, 7) is 3.37. The summed E-state index contributed by atoms with van der Waals surface area (Å²) in [5.74, 6) is -1.23. The second-order valence-corrected chi connectivity index (χ2v) is 3.45.